The number of nitrogens with one attached hydrogen (secondary N) is 1. The summed E-state index contributed by atoms with van der Waals surface area (Å²) in [4.78, 5) is 6.89. The van der Waals surface area contributed by atoms with E-state index in [0.29, 0.717) is 11.3 Å². The Morgan fingerprint density at radius 2 is 1.78 bits per heavy atom. The van der Waals surface area contributed by atoms with Gasteiger partial charge >= 0.3 is 0 Å². The van der Waals surface area contributed by atoms with Crippen molar-refractivity contribution in [3.8, 4) is 0 Å². The largest absolute Gasteiger partial charge is 0.388 e. The first kappa shape index (κ1) is 29.3. The Morgan fingerprint density at radius 1 is 1.08 bits per heavy atom. The topological polar surface area (TPSA) is 27.6 Å². The highest BCUT2D eigenvalue weighted by Gasteiger charge is 2.23. The van der Waals surface area contributed by atoms with Crippen LogP contribution in [0.5, 0.6) is 0 Å². The van der Waals surface area contributed by atoms with Gasteiger partial charge in [0.1, 0.15) is 0 Å². The molecule has 1 fully saturated rings. The average molecular weight is 504 g/mol. The molecule has 0 radical (unpaired) electrons. The van der Waals surface area contributed by atoms with Crippen LogP contribution >= 0.6 is 0 Å². The van der Waals surface area contributed by atoms with E-state index < -0.39 is 0 Å². The van der Waals surface area contributed by atoms with Gasteiger partial charge in [-0.2, -0.15) is 0 Å². The molecule has 1 aliphatic carbocycles. The fourth-order valence-electron chi connectivity index (χ4n) is 5.89. The maximum atomic E-state index is 4.38. The average Bonchev–Trinajstić information content (AvgIpc) is 2.89. The van der Waals surface area contributed by atoms with Gasteiger partial charge in [0.25, 0.3) is 0 Å². The van der Waals surface area contributed by atoms with Gasteiger partial charge in [-0.1, -0.05) is 71.2 Å². The Kier molecular flexibility index (Phi) is 11.1. The molecule has 0 aromatic heterocycles. The van der Waals surface area contributed by atoms with Crippen LogP contribution in [0.4, 0.5) is 0 Å². The molecule has 1 saturated heterocycles. The van der Waals surface area contributed by atoms with E-state index in [-0.39, 0.29) is 0 Å². The molecule has 1 N–H and O–H groups in total. The fourth-order valence-corrected chi connectivity index (χ4v) is 5.89. The van der Waals surface area contributed by atoms with Crippen LogP contribution in [0.15, 0.2) is 59.9 Å². The van der Waals surface area contributed by atoms with E-state index in [0.717, 1.165) is 44.6 Å². The molecule has 1 heterocycles. The van der Waals surface area contributed by atoms with Crippen molar-refractivity contribution in [2.45, 2.75) is 91.9 Å². The van der Waals surface area contributed by atoms with Gasteiger partial charge < -0.3 is 10.2 Å². The predicted octanol–water partition coefficient (Wildman–Crippen LogP) is 8.44. The molecule has 204 valence electrons. The molecule has 37 heavy (non-hydrogen) atoms. The first-order chi connectivity index (χ1) is 17.7. The zero-order chi connectivity index (χ0) is 26.8. The van der Waals surface area contributed by atoms with Gasteiger partial charge in [-0.05, 0) is 85.8 Å². The molecule has 0 amide bonds. The summed E-state index contributed by atoms with van der Waals surface area (Å²) in [5, 5.41) is 3.56. The fraction of sp³-hybridized carbons (Fsp3) is 0.618. The minimum atomic E-state index is 0.324. The van der Waals surface area contributed by atoms with Crippen molar-refractivity contribution in [3.63, 3.8) is 0 Å². The Morgan fingerprint density at radius 3 is 2.35 bits per heavy atom. The third kappa shape index (κ3) is 9.51. The van der Waals surface area contributed by atoms with Gasteiger partial charge in [0, 0.05) is 56.1 Å². The number of aryl methyl sites for hydroxylation is 1. The summed E-state index contributed by atoms with van der Waals surface area (Å²) < 4.78 is 0. The molecule has 3 nitrogen and oxygen atoms in total. The van der Waals surface area contributed by atoms with Crippen LogP contribution in [0.1, 0.15) is 96.6 Å². The van der Waals surface area contributed by atoms with Crippen LogP contribution in [0.2, 0.25) is 0 Å². The van der Waals surface area contributed by atoms with Crippen LogP contribution < -0.4 is 5.32 Å². The van der Waals surface area contributed by atoms with Gasteiger partial charge in [-0.15, -0.1) is 0 Å². The van der Waals surface area contributed by atoms with Crippen LogP contribution in [-0.2, 0) is 6.42 Å². The second-order valence-electron chi connectivity index (χ2n) is 12.5. The van der Waals surface area contributed by atoms with Gasteiger partial charge in [0.2, 0.25) is 0 Å². The highest BCUT2D eigenvalue weighted by Crippen LogP contribution is 2.33. The van der Waals surface area contributed by atoms with E-state index in [4.69, 9.17) is 0 Å². The maximum Gasteiger partial charge on any atom is 0.0276 e. The van der Waals surface area contributed by atoms with E-state index in [1.54, 1.807) is 0 Å². The van der Waals surface area contributed by atoms with Crippen molar-refractivity contribution >= 4 is 11.3 Å². The highest BCUT2D eigenvalue weighted by molar-refractivity contribution is 5.84. The second-order valence-corrected chi connectivity index (χ2v) is 12.5. The highest BCUT2D eigenvalue weighted by atomic mass is 15.1. The molecular weight excluding hydrogens is 450 g/mol. The monoisotopic (exact) mass is 503 g/mol. The summed E-state index contributed by atoms with van der Waals surface area (Å²) in [6.45, 7) is 21.1. The molecule has 3 heteroatoms. The molecule has 0 saturated carbocycles. The molecule has 3 rings (SSSR count). The molecular formula is C34H53N3. The number of piperidine rings is 1. The third-order valence-corrected chi connectivity index (χ3v) is 8.36. The number of benzene rings is 1. The zero-order valence-corrected chi connectivity index (χ0v) is 24.5. The van der Waals surface area contributed by atoms with E-state index in [2.05, 4.69) is 86.4 Å². The summed E-state index contributed by atoms with van der Waals surface area (Å²) >= 11 is 0. The molecule has 1 atom stereocenters. The van der Waals surface area contributed by atoms with Crippen LogP contribution in [0, 0.1) is 17.3 Å². The van der Waals surface area contributed by atoms with Crippen LogP contribution in [-0.4, -0.2) is 37.3 Å². The summed E-state index contributed by atoms with van der Waals surface area (Å²) in [5.41, 5.74) is 8.52. The smallest absolute Gasteiger partial charge is 0.0276 e. The normalized spacial score (nSPS) is 19.5. The lowest BCUT2D eigenvalue weighted by Gasteiger charge is -2.36. The van der Waals surface area contributed by atoms with Gasteiger partial charge in [0.05, 0.1) is 0 Å². The van der Waals surface area contributed by atoms with E-state index in [9.17, 15) is 0 Å². The van der Waals surface area contributed by atoms with Gasteiger partial charge in [0.15, 0.2) is 0 Å². The van der Waals surface area contributed by atoms with Crippen molar-refractivity contribution < 1.29 is 0 Å². The number of aliphatic imine (C=N–C) groups is 1. The van der Waals surface area contributed by atoms with Crippen molar-refractivity contribution in [1.29, 1.82) is 0 Å². The first-order valence-electron chi connectivity index (χ1n) is 14.8. The second kappa shape index (κ2) is 14.0. The Hall–Kier alpha value is -2.29. The van der Waals surface area contributed by atoms with Crippen molar-refractivity contribution in [2.24, 2.45) is 22.2 Å². The number of rotatable bonds is 12. The Bertz CT molecular complexity index is 936. The lowest BCUT2D eigenvalue weighted by atomic mass is 9.84. The summed E-state index contributed by atoms with van der Waals surface area (Å²) in [6.07, 6.45) is 14.1. The van der Waals surface area contributed by atoms with Gasteiger partial charge in [-0.3, -0.25) is 4.99 Å². The standard InChI is InChI=1S/C34H53N3/c1-8-33(35-7)19-22-36-27(3)30-15-17-32(18-16-30)31-13-11-28(12-14-31)9-10-29-20-23-37(24-21-29)26(2)25-34(4,5)6/h11-14,17,29-30,36H,2-3,8-10,15-16,18-25H2,1,4-7H3/b35-33-. The van der Waals surface area contributed by atoms with Crippen molar-refractivity contribution in [3.05, 3.63) is 66.0 Å². The van der Waals surface area contributed by atoms with Crippen molar-refractivity contribution in [2.75, 3.05) is 26.7 Å². The zero-order valence-electron chi connectivity index (χ0n) is 24.5. The molecule has 1 aromatic carbocycles. The Labute approximate surface area is 228 Å². The molecule has 1 aliphatic heterocycles. The molecule has 1 unspecified atom stereocenters. The third-order valence-electron chi connectivity index (χ3n) is 8.36. The predicted molar refractivity (Wildman–Crippen MR) is 163 cm³/mol. The quantitative estimate of drug-likeness (QED) is 0.290. The van der Waals surface area contributed by atoms with Crippen LogP contribution in [0.25, 0.3) is 5.57 Å². The van der Waals surface area contributed by atoms with E-state index in [1.807, 2.05) is 7.05 Å². The lowest BCUT2D eigenvalue weighted by Crippen LogP contribution is -2.34. The summed E-state index contributed by atoms with van der Waals surface area (Å²) in [6, 6.07) is 9.43. The summed E-state index contributed by atoms with van der Waals surface area (Å²) in [7, 11) is 1.89. The number of likely N-dealkylation sites (tertiary alicyclic amines) is 1. The lowest BCUT2D eigenvalue weighted by molar-refractivity contribution is 0.202. The number of nitrogens with zero attached hydrogens (tertiary/aromatic N) is 2. The van der Waals surface area contributed by atoms with Crippen LogP contribution in [0.3, 0.4) is 0 Å². The molecule has 1 aromatic rings. The molecule has 0 bridgehead atoms. The summed E-state index contributed by atoms with van der Waals surface area (Å²) in [5.74, 6) is 1.39. The van der Waals surface area contributed by atoms with Gasteiger partial charge in [-0.25, -0.2) is 0 Å². The molecule has 0 spiro atoms. The number of hydrogen-bond acceptors (Lipinski definition) is 3. The minimum absolute atomic E-state index is 0.324. The van der Waals surface area contributed by atoms with E-state index >= 15 is 0 Å². The number of allylic oxidation sites excluding steroid dienone is 4. The maximum absolute atomic E-state index is 4.38. The number of hydrogen-bond donors (Lipinski definition) is 1. The SMILES string of the molecule is C=C(NCC/C(CC)=N\C)C1CC=C(c2ccc(CCC3CCN(C(=C)CC(C)(C)C)CC3)cc2)CC1. The molecule has 2 aliphatic rings. The first-order valence-corrected chi connectivity index (χ1v) is 14.8. The minimum Gasteiger partial charge on any atom is -0.388 e. The van der Waals surface area contributed by atoms with Crippen molar-refractivity contribution in [1.82, 2.24) is 10.2 Å². The van der Waals surface area contributed by atoms with E-state index in [1.165, 1.54) is 79.0 Å². The Balaban J connectivity index is 1.39.